The Balaban J connectivity index is 1.53. The molecule has 0 bridgehead atoms. The number of carbonyl (C=O) groups excluding carboxylic acids is 1. The van der Waals surface area contributed by atoms with E-state index in [1.165, 1.54) is 11.1 Å². The lowest BCUT2D eigenvalue weighted by Crippen LogP contribution is -2.44. The summed E-state index contributed by atoms with van der Waals surface area (Å²) in [4.78, 5) is 30.6. The predicted octanol–water partition coefficient (Wildman–Crippen LogP) is 3.04. The van der Waals surface area contributed by atoms with E-state index in [-0.39, 0.29) is 18.2 Å². The summed E-state index contributed by atoms with van der Waals surface area (Å²) in [5.41, 5.74) is 1.45. The molecule has 2 aromatic rings. The van der Waals surface area contributed by atoms with Crippen molar-refractivity contribution in [1.29, 1.82) is 0 Å². The van der Waals surface area contributed by atoms with Crippen molar-refractivity contribution >= 4 is 23.5 Å². The Morgan fingerprint density at radius 3 is 2.83 bits per heavy atom. The van der Waals surface area contributed by atoms with E-state index >= 15 is 0 Å². The minimum Gasteiger partial charge on any atom is -0.480 e. The molecule has 29 heavy (non-hydrogen) atoms. The summed E-state index contributed by atoms with van der Waals surface area (Å²) in [5.74, 6) is -1.38. The van der Waals surface area contributed by atoms with Crippen molar-refractivity contribution in [2.24, 2.45) is 5.41 Å². The summed E-state index contributed by atoms with van der Waals surface area (Å²) >= 11 is 5.91. The van der Waals surface area contributed by atoms with Crippen molar-refractivity contribution in [2.45, 2.75) is 44.7 Å². The van der Waals surface area contributed by atoms with Crippen LogP contribution in [-0.2, 0) is 16.0 Å². The molecule has 0 radical (unpaired) electrons. The van der Waals surface area contributed by atoms with Gasteiger partial charge in [-0.2, -0.15) is 13.9 Å². The van der Waals surface area contributed by atoms with Crippen LogP contribution in [0.4, 0.5) is 8.78 Å². The van der Waals surface area contributed by atoms with Crippen molar-refractivity contribution in [3.63, 3.8) is 0 Å². The van der Waals surface area contributed by atoms with Crippen molar-refractivity contribution in [1.82, 2.24) is 19.7 Å². The van der Waals surface area contributed by atoms with Crippen LogP contribution in [0.25, 0.3) is 0 Å². The molecule has 3 heterocycles. The van der Waals surface area contributed by atoms with Gasteiger partial charge < -0.3 is 10.0 Å². The average molecular weight is 425 g/mol. The van der Waals surface area contributed by atoms with Gasteiger partial charge in [0.05, 0.1) is 11.6 Å². The molecule has 2 aromatic heterocycles. The molecule has 1 spiro atoms. The van der Waals surface area contributed by atoms with Crippen LogP contribution in [0.1, 0.15) is 42.1 Å². The average Bonchev–Trinajstić information content (AvgIpc) is 3.01. The van der Waals surface area contributed by atoms with Crippen LogP contribution in [0.5, 0.6) is 0 Å². The number of rotatable bonds is 6. The normalized spacial score (nSPS) is 24.5. The molecule has 0 unspecified atom stereocenters. The van der Waals surface area contributed by atoms with E-state index in [9.17, 15) is 23.5 Å². The molecular formula is C19H19ClF2N4O3. The van der Waals surface area contributed by atoms with Gasteiger partial charge in [0.1, 0.15) is 11.2 Å². The highest BCUT2D eigenvalue weighted by Gasteiger charge is 2.65. The van der Waals surface area contributed by atoms with Gasteiger partial charge in [-0.15, -0.1) is 0 Å². The lowest BCUT2D eigenvalue weighted by atomic mass is 9.96. The Labute approximate surface area is 170 Å². The quantitative estimate of drug-likeness (QED) is 0.720. The van der Waals surface area contributed by atoms with E-state index in [0.717, 1.165) is 17.5 Å². The molecule has 1 N–H and O–H groups in total. The lowest BCUT2D eigenvalue weighted by molar-refractivity contribution is -0.149. The van der Waals surface area contributed by atoms with Crippen LogP contribution in [0.3, 0.4) is 0 Å². The summed E-state index contributed by atoms with van der Waals surface area (Å²) in [6.45, 7) is -0.646. The van der Waals surface area contributed by atoms with Crippen LogP contribution in [0.15, 0.2) is 24.5 Å². The van der Waals surface area contributed by atoms with Crippen LogP contribution >= 0.6 is 11.6 Å². The number of aryl methyl sites for hydroxylation is 1. The third-order valence-corrected chi connectivity index (χ3v) is 6.18. The van der Waals surface area contributed by atoms with E-state index in [1.807, 2.05) is 13.0 Å². The number of aromatic nitrogens is 3. The maximum Gasteiger partial charge on any atom is 0.333 e. The minimum absolute atomic E-state index is 0.0132. The van der Waals surface area contributed by atoms with Gasteiger partial charge in [-0.3, -0.25) is 4.79 Å². The number of halogens is 3. The molecule has 1 amide bonds. The molecule has 1 aliphatic carbocycles. The predicted molar refractivity (Wildman–Crippen MR) is 98.7 cm³/mol. The van der Waals surface area contributed by atoms with Gasteiger partial charge in [0.2, 0.25) is 5.91 Å². The standard InChI is InChI=1S/C19H19ClF2N4O3/c1-10-12(2-3-15(20)24-10)13-7-19(13)4-5-25(17(19)29)14(16(27)28)6-11-8-23-26(9-11)18(21)22/h2-3,8-9,13-14,18H,4-7H2,1H3,(H,27,28)/t13-,14-,19+/m1/s1. The number of hydrogen-bond donors (Lipinski definition) is 1. The number of nitrogens with zero attached hydrogens (tertiary/aromatic N) is 4. The Bertz CT molecular complexity index is 982. The second kappa shape index (κ2) is 7.05. The largest absolute Gasteiger partial charge is 0.480 e. The number of carbonyl (C=O) groups is 2. The van der Waals surface area contributed by atoms with E-state index in [4.69, 9.17) is 11.6 Å². The molecule has 0 aromatic carbocycles. The van der Waals surface area contributed by atoms with E-state index < -0.39 is 24.0 Å². The van der Waals surface area contributed by atoms with Gasteiger partial charge in [0, 0.05) is 30.8 Å². The number of hydrogen-bond acceptors (Lipinski definition) is 4. The molecule has 2 fully saturated rings. The highest BCUT2D eigenvalue weighted by atomic mass is 35.5. The van der Waals surface area contributed by atoms with Gasteiger partial charge >= 0.3 is 12.5 Å². The van der Waals surface area contributed by atoms with E-state index in [0.29, 0.717) is 34.8 Å². The summed E-state index contributed by atoms with van der Waals surface area (Å²) in [5, 5.41) is 13.6. The zero-order chi connectivity index (χ0) is 20.9. The van der Waals surface area contributed by atoms with Crippen molar-refractivity contribution in [3.05, 3.63) is 46.5 Å². The first-order chi connectivity index (χ1) is 13.7. The van der Waals surface area contributed by atoms with Gasteiger partial charge in [0.15, 0.2) is 0 Å². The molecule has 154 valence electrons. The second-order valence-corrected chi connectivity index (χ2v) is 8.02. The number of aliphatic carboxylic acids is 1. The maximum atomic E-state index is 13.2. The zero-order valence-electron chi connectivity index (χ0n) is 15.6. The maximum absolute atomic E-state index is 13.2. The summed E-state index contributed by atoms with van der Waals surface area (Å²) in [7, 11) is 0. The SMILES string of the molecule is Cc1nc(Cl)ccc1[C@H]1C[C@@]12CCN([C@H](Cc1cnn(C(F)F)c1)C(=O)O)C2=O. The van der Waals surface area contributed by atoms with Gasteiger partial charge in [0.25, 0.3) is 0 Å². The first kappa shape index (κ1) is 19.8. The van der Waals surface area contributed by atoms with Crippen LogP contribution in [0, 0.1) is 12.3 Å². The Kier molecular flexibility index (Phi) is 4.80. The van der Waals surface area contributed by atoms with Gasteiger partial charge in [-0.05, 0) is 37.0 Å². The van der Waals surface area contributed by atoms with E-state index in [1.54, 1.807) is 6.07 Å². The fourth-order valence-corrected chi connectivity index (χ4v) is 4.58. The Morgan fingerprint density at radius 1 is 1.45 bits per heavy atom. The van der Waals surface area contributed by atoms with Crippen molar-refractivity contribution in [3.8, 4) is 0 Å². The van der Waals surface area contributed by atoms with Gasteiger partial charge in [-0.1, -0.05) is 17.7 Å². The molecule has 10 heteroatoms. The summed E-state index contributed by atoms with van der Waals surface area (Å²) in [6, 6.07) is 2.43. The lowest BCUT2D eigenvalue weighted by Gasteiger charge is -2.24. The first-order valence-corrected chi connectivity index (χ1v) is 9.59. The molecule has 1 aliphatic heterocycles. The molecule has 2 aliphatic rings. The van der Waals surface area contributed by atoms with Crippen molar-refractivity contribution < 1.29 is 23.5 Å². The molecule has 7 nitrogen and oxygen atoms in total. The number of amides is 1. The van der Waals surface area contributed by atoms with Gasteiger partial charge in [-0.25, -0.2) is 14.5 Å². The molecule has 1 saturated carbocycles. The van der Waals surface area contributed by atoms with Crippen LogP contribution < -0.4 is 0 Å². The zero-order valence-corrected chi connectivity index (χ0v) is 16.3. The van der Waals surface area contributed by atoms with Crippen LogP contribution in [-0.4, -0.2) is 49.2 Å². The molecule has 4 rings (SSSR count). The summed E-state index contributed by atoms with van der Waals surface area (Å²) in [6.07, 6.45) is 3.44. The molecular weight excluding hydrogens is 406 g/mol. The fourth-order valence-electron chi connectivity index (χ4n) is 4.39. The number of alkyl halides is 2. The number of carboxylic acid groups (broad SMARTS) is 1. The van der Waals surface area contributed by atoms with E-state index in [2.05, 4.69) is 10.1 Å². The fraction of sp³-hybridized carbons (Fsp3) is 0.474. The summed E-state index contributed by atoms with van der Waals surface area (Å²) < 4.78 is 25.9. The van der Waals surface area contributed by atoms with Crippen molar-refractivity contribution in [2.75, 3.05) is 6.54 Å². The van der Waals surface area contributed by atoms with Crippen LogP contribution in [0.2, 0.25) is 5.15 Å². The number of likely N-dealkylation sites (tertiary alicyclic amines) is 1. The number of pyridine rings is 1. The highest BCUT2D eigenvalue weighted by Crippen LogP contribution is 2.65. The second-order valence-electron chi connectivity index (χ2n) is 7.63. The minimum atomic E-state index is -2.80. The Hall–Kier alpha value is -2.55. The molecule has 1 saturated heterocycles. The number of carboxylic acids is 1. The highest BCUT2D eigenvalue weighted by molar-refractivity contribution is 6.29. The smallest absolute Gasteiger partial charge is 0.333 e. The third kappa shape index (κ3) is 3.37. The topological polar surface area (TPSA) is 88.3 Å². The first-order valence-electron chi connectivity index (χ1n) is 9.21. The monoisotopic (exact) mass is 424 g/mol. The third-order valence-electron chi connectivity index (χ3n) is 5.97. The Morgan fingerprint density at radius 2 is 2.21 bits per heavy atom. The molecule has 3 atom stereocenters.